The first kappa shape index (κ1) is 18.2. The summed E-state index contributed by atoms with van der Waals surface area (Å²) in [6, 6.07) is 0. The minimum absolute atomic E-state index is 0.0427. The number of aliphatic hydroxyl groups excluding tert-OH is 1. The highest BCUT2D eigenvalue weighted by atomic mass is 16.5. The molecule has 1 atom stereocenters. The molecule has 0 spiro atoms. The smallest absolute Gasteiger partial charge is 0.225 e. The molecule has 2 fully saturated rings. The van der Waals surface area contributed by atoms with Gasteiger partial charge >= 0.3 is 0 Å². The Morgan fingerprint density at radius 3 is 2.52 bits per heavy atom. The zero-order valence-corrected chi connectivity index (χ0v) is 14.4. The summed E-state index contributed by atoms with van der Waals surface area (Å²) in [5.74, 6) is -0.0165. The van der Waals surface area contributed by atoms with Gasteiger partial charge in [-0.15, -0.1) is 0 Å². The predicted octanol–water partition coefficient (Wildman–Crippen LogP) is 1.17. The van der Waals surface area contributed by atoms with Crippen LogP contribution >= 0.6 is 0 Å². The van der Waals surface area contributed by atoms with E-state index in [0.29, 0.717) is 26.1 Å². The van der Waals surface area contributed by atoms with Crippen LogP contribution in [0.1, 0.15) is 52.4 Å². The summed E-state index contributed by atoms with van der Waals surface area (Å²) in [5, 5.41) is 9.84. The van der Waals surface area contributed by atoms with Crippen LogP contribution in [0.25, 0.3) is 0 Å². The van der Waals surface area contributed by atoms with Gasteiger partial charge in [0.15, 0.2) is 0 Å². The summed E-state index contributed by atoms with van der Waals surface area (Å²) in [7, 11) is 0. The molecule has 0 unspecified atom stereocenters. The maximum absolute atomic E-state index is 12.6. The third-order valence-corrected chi connectivity index (χ3v) is 5.10. The van der Waals surface area contributed by atoms with Gasteiger partial charge in [0.05, 0.1) is 24.7 Å². The second-order valence-corrected chi connectivity index (χ2v) is 6.78. The van der Waals surface area contributed by atoms with Gasteiger partial charge in [0.2, 0.25) is 11.8 Å². The predicted molar refractivity (Wildman–Crippen MR) is 86.9 cm³/mol. The number of amides is 2. The van der Waals surface area contributed by atoms with Crippen molar-refractivity contribution >= 4 is 11.8 Å². The van der Waals surface area contributed by atoms with E-state index in [1.165, 1.54) is 6.92 Å². The summed E-state index contributed by atoms with van der Waals surface area (Å²) in [6.07, 6.45) is 4.78. The highest BCUT2D eigenvalue weighted by molar-refractivity contribution is 5.80. The lowest BCUT2D eigenvalue weighted by molar-refractivity contribution is -0.142. The Kier molecular flexibility index (Phi) is 6.41. The molecular formula is C17H30N2O4. The van der Waals surface area contributed by atoms with Crippen molar-refractivity contribution in [2.24, 2.45) is 0 Å². The van der Waals surface area contributed by atoms with Crippen molar-refractivity contribution in [2.75, 3.05) is 32.8 Å². The van der Waals surface area contributed by atoms with E-state index in [1.807, 2.05) is 4.90 Å². The van der Waals surface area contributed by atoms with Gasteiger partial charge in [0, 0.05) is 33.2 Å². The lowest BCUT2D eigenvalue weighted by Gasteiger charge is -2.39. The van der Waals surface area contributed by atoms with Crippen LogP contribution in [0.3, 0.4) is 0 Å². The number of carbonyl (C=O) groups is 2. The van der Waals surface area contributed by atoms with Crippen LogP contribution in [0.2, 0.25) is 0 Å². The molecule has 0 saturated carbocycles. The van der Waals surface area contributed by atoms with E-state index in [0.717, 1.165) is 32.3 Å². The van der Waals surface area contributed by atoms with Crippen LogP contribution in [0, 0.1) is 0 Å². The average molecular weight is 326 g/mol. The van der Waals surface area contributed by atoms with E-state index in [1.54, 1.807) is 4.90 Å². The topological polar surface area (TPSA) is 70.1 Å². The number of hydrogen-bond donors (Lipinski definition) is 1. The SMILES string of the molecule is CCCOC1CCN(C(=O)C[C@@]2(CO)CCCN2C(C)=O)CC1. The number of aliphatic hydroxyl groups is 1. The number of piperidine rings is 1. The van der Waals surface area contributed by atoms with Gasteiger partial charge in [-0.2, -0.15) is 0 Å². The fraction of sp³-hybridized carbons (Fsp3) is 0.882. The number of rotatable bonds is 6. The van der Waals surface area contributed by atoms with Crippen molar-refractivity contribution in [1.29, 1.82) is 0 Å². The molecule has 2 aliphatic heterocycles. The Labute approximate surface area is 138 Å². The molecule has 0 aromatic carbocycles. The lowest BCUT2D eigenvalue weighted by atomic mass is 9.91. The molecule has 2 aliphatic rings. The number of nitrogens with zero attached hydrogens (tertiary/aromatic N) is 2. The monoisotopic (exact) mass is 326 g/mol. The van der Waals surface area contributed by atoms with Crippen LogP contribution in [-0.2, 0) is 14.3 Å². The minimum atomic E-state index is -0.696. The third-order valence-electron chi connectivity index (χ3n) is 5.10. The van der Waals surface area contributed by atoms with Gasteiger partial charge in [0.1, 0.15) is 0 Å². The first-order valence-corrected chi connectivity index (χ1v) is 8.81. The third kappa shape index (κ3) is 4.23. The molecule has 0 aromatic rings. The zero-order chi connectivity index (χ0) is 16.9. The second kappa shape index (κ2) is 8.11. The normalized spacial score (nSPS) is 25.9. The van der Waals surface area contributed by atoms with Gasteiger partial charge in [-0.1, -0.05) is 6.92 Å². The highest BCUT2D eigenvalue weighted by Crippen LogP contribution is 2.33. The summed E-state index contributed by atoms with van der Waals surface area (Å²) in [4.78, 5) is 28.0. The van der Waals surface area contributed by atoms with E-state index >= 15 is 0 Å². The Balaban J connectivity index is 1.90. The molecule has 23 heavy (non-hydrogen) atoms. The van der Waals surface area contributed by atoms with Crippen LogP contribution < -0.4 is 0 Å². The summed E-state index contributed by atoms with van der Waals surface area (Å²) in [5.41, 5.74) is -0.696. The molecule has 0 aliphatic carbocycles. The molecule has 0 bridgehead atoms. The molecule has 6 heteroatoms. The minimum Gasteiger partial charge on any atom is -0.394 e. The maximum atomic E-state index is 12.6. The molecular weight excluding hydrogens is 296 g/mol. The van der Waals surface area contributed by atoms with Crippen molar-refractivity contribution in [1.82, 2.24) is 9.80 Å². The maximum Gasteiger partial charge on any atom is 0.225 e. The van der Waals surface area contributed by atoms with Crippen LogP contribution in [0.5, 0.6) is 0 Å². The van der Waals surface area contributed by atoms with E-state index in [9.17, 15) is 14.7 Å². The van der Waals surface area contributed by atoms with Gasteiger partial charge in [0.25, 0.3) is 0 Å². The van der Waals surface area contributed by atoms with Gasteiger partial charge in [-0.25, -0.2) is 0 Å². The van der Waals surface area contributed by atoms with Crippen molar-refractivity contribution < 1.29 is 19.4 Å². The first-order chi connectivity index (χ1) is 11.0. The van der Waals surface area contributed by atoms with Gasteiger partial charge in [-0.3, -0.25) is 9.59 Å². The largest absolute Gasteiger partial charge is 0.394 e. The number of likely N-dealkylation sites (tertiary alicyclic amines) is 2. The van der Waals surface area contributed by atoms with Crippen LogP contribution in [0.15, 0.2) is 0 Å². The van der Waals surface area contributed by atoms with Crippen molar-refractivity contribution in [3.05, 3.63) is 0 Å². The Morgan fingerprint density at radius 2 is 1.96 bits per heavy atom. The summed E-state index contributed by atoms with van der Waals surface area (Å²) >= 11 is 0. The van der Waals surface area contributed by atoms with E-state index in [-0.39, 0.29) is 30.9 Å². The molecule has 0 aromatic heterocycles. The lowest BCUT2D eigenvalue weighted by Crippen LogP contribution is -2.53. The Hall–Kier alpha value is -1.14. The molecule has 2 rings (SSSR count). The number of carbonyl (C=O) groups excluding carboxylic acids is 2. The van der Waals surface area contributed by atoms with Crippen LogP contribution in [0.4, 0.5) is 0 Å². The molecule has 0 radical (unpaired) electrons. The van der Waals surface area contributed by atoms with Crippen LogP contribution in [-0.4, -0.2) is 71.2 Å². The van der Waals surface area contributed by atoms with Gasteiger partial charge in [-0.05, 0) is 32.1 Å². The van der Waals surface area contributed by atoms with E-state index < -0.39 is 5.54 Å². The van der Waals surface area contributed by atoms with Crippen molar-refractivity contribution in [2.45, 2.75) is 64.0 Å². The van der Waals surface area contributed by atoms with Gasteiger partial charge < -0.3 is 19.6 Å². The molecule has 2 amide bonds. The van der Waals surface area contributed by atoms with Crippen molar-refractivity contribution in [3.63, 3.8) is 0 Å². The summed E-state index contributed by atoms with van der Waals surface area (Å²) in [6.45, 7) is 6.28. The summed E-state index contributed by atoms with van der Waals surface area (Å²) < 4.78 is 5.75. The molecule has 132 valence electrons. The number of ether oxygens (including phenoxy) is 1. The van der Waals surface area contributed by atoms with Crippen molar-refractivity contribution in [3.8, 4) is 0 Å². The molecule has 2 saturated heterocycles. The average Bonchev–Trinajstić information content (AvgIpc) is 2.97. The molecule has 2 heterocycles. The second-order valence-electron chi connectivity index (χ2n) is 6.78. The quantitative estimate of drug-likeness (QED) is 0.795. The Morgan fingerprint density at radius 1 is 1.26 bits per heavy atom. The van der Waals surface area contributed by atoms with E-state index in [2.05, 4.69) is 6.92 Å². The fourth-order valence-electron chi connectivity index (χ4n) is 3.78. The molecule has 1 N–H and O–H groups in total. The number of hydrogen-bond acceptors (Lipinski definition) is 4. The van der Waals surface area contributed by atoms with E-state index in [4.69, 9.17) is 4.74 Å². The first-order valence-electron chi connectivity index (χ1n) is 8.81. The standard InChI is InChI=1S/C17H30N2O4/c1-3-11-23-15-5-9-18(10-6-15)16(22)12-17(13-20)7-4-8-19(17)14(2)21/h15,20H,3-13H2,1-2H3/t17-/m1/s1. The zero-order valence-electron chi connectivity index (χ0n) is 14.4. The molecule has 6 nitrogen and oxygen atoms in total. The highest BCUT2D eigenvalue weighted by Gasteiger charge is 2.44. The fourth-order valence-corrected chi connectivity index (χ4v) is 3.78. The Bertz CT molecular complexity index is 421.